The van der Waals surface area contributed by atoms with Crippen molar-refractivity contribution in [3.8, 4) is 0 Å². The topological polar surface area (TPSA) is 520 Å². The van der Waals surface area contributed by atoms with Gasteiger partial charge in [0.25, 0.3) is 17.7 Å². The van der Waals surface area contributed by atoms with E-state index in [2.05, 4.69) is 58.5 Å². The summed E-state index contributed by atoms with van der Waals surface area (Å²) < 4.78 is 0. The predicted molar refractivity (Wildman–Crippen MR) is 327 cm³/mol. The smallest absolute Gasteiger partial charge is 0.253 e. The van der Waals surface area contributed by atoms with E-state index >= 15 is 0 Å². The van der Waals surface area contributed by atoms with Crippen molar-refractivity contribution in [1.29, 1.82) is 21.6 Å². The molecule has 0 heterocycles. The number of hydrogen-bond donors (Lipinski definition) is 21. The molecule has 4 aromatic rings. The first-order chi connectivity index (χ1) is 40.2. The van der Waals surface area contributed by atoms with E-state index in [-0.39, 0.29) is 154 Å². The Morgan fingerprint density at radius 3 is 0.894 bits per heavy atom. The van der Waals surface area contributed by atoms with Crippen molar-refractivity contribution in [3.63, 3.8) is 0 Å². The molecule has 456 valence electrons. The third-order valence-electron chi connectivity index (χ3n) is 12.1. The van der Waals surface area contributed by atoms with Gasteiger partial charge >= 0.3 is 0 Å². The molecule has 0 aliphatic heterocycles. The first-order valence-corrected chi connectivity index (χ1v) is 27.4. The molecule has 0 saturated carbocycles. The highest BCUT2D eigenvalue weighted by Crippen LogP contribution is 2.26. The van der Waals surface area contributed by atoms with Crippen molar-refractivity contribution >= 4 is 140 Å². The SMILES string of the molecule is N=C(N)NCCC[C@@H](N)C(=O)Nc1ccc(Cl)c(C(=O)N[C@H](CCCNC(=N)N)C(=O)Nc2ccc(Cl)c(C(=O)N[C@H](CCCNC(=N)N)C(=O)Nc3ccc(Cl)c(C(=O)N[C@H](CCCNC(=N)N)C(=O)Nc4ccc(Cl)c(C(N)=O)c4)c3)c2)c1. The summed E-state index contributed by atoms with van der Waals surface area (Å²) in [5.41, 5.74) is 32.9. The van der Waals surface area contributed by atoms with E-state index in [1.54, 1.807) is 0 Å². The van der Waals surface area contributed by atoms with Gasteiger partial charge in [-0.15, -0.1) is 0 Å². The molecule has 27 N–H and O–H groups in total. The molecule has 0 unspecified atom stereocenters. The second-order valence-electron chi connectivity index (χ2n) is 18.7. The molecule has 29 nitrogen and oxygen atoms in total. The molecular weight excluding hydrogens is 1190 g/mol. The molecule has 0 bridgehead atoms. The number of nitrogens with one attached hydrogen (secondary N) is 15. The third-order valence-corrected chi connectivity index (χ3v) is 13.4. The van der Waals surface area contributed by atoms with Gasteiger partial charge in [0.05, 0.1) is 48.4 Å². The first-order valence-electron chi connectivity index (χ1n) is 25.9. The van der Waals surface area contributed by atoms with Crippen LogP contribution in [0.4, 0.5) is 22.7 Å². The van der Waals surface area contributed by atoms with Crippen LogP contribution in [-0.2, 0) is 19.2 Å². The van der Waals surface area contributed by atoms with E-state index < -0.39 is 71.4 Å². The second-order valence-corrected chi connectivity index (χ2v) is 20.3. The minimum absolute atomic E-state index is 0.0133. The normalized spacial score (nSPS) is 12.1. The molecule has 0 aliphatic carbocycles. The largest absolute Gasteiger partial charge is 0.370 e. The number of rotatable bonds is 31. The molecule has 33 heteroatoms. The van der Waals surface area contributed by atoms with E-state index in [1.807, 2.05) is 0 Å². The Morgan fingerprint density at radius 2 is 0.624 bits per heavy atom. The number of hydrogen-bond acceptors (Lipinski definition) is 13. The van der Waals surface area contributed by atoms with Crippen molar-refractivity contribution in [2.75, 3.05) is 47.4 Å². The monoisotopic (exact) mass is 1250 g/mol. The molecule has 0 spiro atoms. The summed E-state index contributed by atoms with van der Waals surface area (Å²) in [6.45, 7) is 0.732. The maximum absolute atomic E-state index is 14.1. The molecule has 0 aliphatic rings. The van der Waals surface area contributed by atoms with Crippen LogP contribution in [-0.4, -0.2) is 121 Å². The van der Waals surface area contributed by atoms with Gasteiger partial charge in [0.1, 0.15) is 18.1 Å². The molecule has 4 rings (SSSR count). The summed E-state index contributed by atoms with van der Waals surface area (Å²) in [5, 5.41) is 58.6. The number of amides is 8. The Kier molecular flexibility index (Phi) is 27.2. The number of benzene rings is 4. The molecule has 0 radical (unpaired) electrons. The lowest BCUT2D eigenvalue weighted by Gasteiger charge is -2.21. The Morgan fingerprint density at radius 1 is 0.376 bits per heavy atom. The van der Waals surface area contributed by atoms with E-state index in [0.717, 1.165) is 0 Å². The molecule has 0 aromatic heterocycles. The van der Waals surface area contributed by atoms with Gasteiger partial charge in [-0.05, 0) is 124 Å². The molecule has 85 heavy (non-hydrogen) atoms. The summed E-state index contributed by atoms with van der Waals surface area (Å²) in [5.74, 6) is -7.43. The number of carbonyl (C=O) groups excluding carboxylic acids is 8. The van der Waals surface area contributed by atoms with Crippen molar-refractivity contribution < 1.29 is 38.4 Å². The molecule has 0 fully saturated rings. The maximum Gasteiger partial charge on any atom is 0.253 e. The summed E-state index contributed by atoms with van der Waals surface area (Å²) in [6.07, 6.45) is 1.24. The summed E-state index contributed by atoms with van der Waals surface area (Å²) in [4.78, 5) is 108. The van der Waals surface area contributed by atoms with Crippen LogP contribution in [0.2, 0.25) is 20.1 Å². The number of nitrogens with two attached hydrogens (primary N) is 6. The number of carbonyl (C=O) groups is 8. The highest BCUT2D eigenvalue weighted by molar-refractivity contribution is 6.35. The van der Waals surface area contributed by atoms with E-state index in [4.69, 9.17) is 102 Å². The zero-order valence-corrected chi connectivity index (χ0v) is 48.5. The minimum atomic E-state index is -1.33. The van der Waals surface area contributed by atoms with Crippen LogP contribution in [0.15, 0.2) is 72.8 Å². The summed E-state index contributed by atoms with van der Waals surface area (Å²) >= 11 is 25.6. The van der Waals surface area contributed by atoms with Crippen LogP contribution < -0.4 is 92.9 Å². The van der Waals surface area contributed by atoms with Gasteiger partial charge in [-0.2, -0.15) is 0 Å². The van der Waals surface area contributed by atoms with E-state index in [1.165, 1.54) is 72.8 Å². The lowest BCUT2D eigenvalue weighted by atomic mass is 10.1. The van der Waals surface area contributed by atoms with Crippen LogP contribution in [0.5, 0.6) is 0 Å². The van der Waals surface area contributed by atoms with E-state index in [9.17, 15) is 38.4 Å². The van der Waals surface area contributed by atoms with Crippen LogP contribution in [0.25, 0.3) is 0 Å². The minimum Gasteiger partial charge on any atom is -0.370 e. The van der Waals surface area contributed by atoms with Crippen molar-refractivity contribution in [1.82, 2.24) is 37.2 Å². The first kappa shape index (κ1) is 68.3. The molecular formula is C52H67Cl4N21O8. The Balaban J connectivity index is 1.54. The fraction of sp³-hybridized carbons (Fsp3) is 0.308. The number of guanidine groups is 4. The molecule has 8 amide bonds. The molecule has 4 atom stereocenters. The van der Waals surface area contributed by atoms with Crippen LogP contribution in [0.3, 0.4) is 0 Å². The van der Waals surface area contributed by atoms with Crippen LogP contribution in [0, 0.1) is 21.6 Å². The van der Waals surface area contributed by atoms with Gasteiger partial charge in [0.15, 0.2) is 23.8 Å². The van der Waals surface area contributed by atoms with Gasteiger partial charge in [-0.25, -0.2) is 0 Å². The standard InChI is InChI=1S/C52H67Cl4N21O8/c53-33-13-9-25(21-29(33)41(58)78)72-46(83)38(6-2-18-68-50(61)62)75-43(80)31-23-27(11-15-35(31)55)74-48(85)40(8-4-20-70-52(65)66)77-44(81)32-24-28(12-16-36(32)56)73-47(84)39(7-3-19-69-51(63)64)76-42(79)30-22-26(10-14-34(30)54)71-45(82)37(57)5-1-17-67-49(59)60/h9-16,21-24,37-40H,1-8,17-20,57H2,(H2,58,78)(H,71,82)(H,72,83)(H,73,84)(H,74,85)(H,75,80)(H,76,79)(H,77,81)(H4,59,60,67)(H4,61,62,68)(H4,63,64,69)(H4,65,66,70)/t37-,38-,39-,40-/m1/s1. The Labute approximate surface area is 507 Å². The number of halogens is 4. The quantitative estimate of drug-likeness (QED) is 0.0194. The lowest BCUT2D eigenvalue weighted by molar-refractivity contribution is -0.118. The highest BCUT2D eigenvalue weighted by atomic mass is 35.5. The number of primary amides is 1. The average Bonchev–Trinajstić information content (AvgIpc) is 3.26. The second kappa shape index (κ2) is 33.8. The molecule has 4 aromatic carbocycles. The van der Waals surface area contributed by atoms with Crippen molar-refractivity contribution in [2.45, 2.75) is 75.5 Å². The molecule has 0 saturated heterocycles. The fourth-order valence-corrected chi connectivity index (χ4v) is 8.65. The van der Waals surface area contributed by atoms with Gasteiger partial charge in [0, 0.05) is 48.9 Å². The zero-order valence-electron chi connectivity index (χ0n) is 45.5. The average molecular weight is 1260 g/mol. The van der Waals surface area contributed by atoms with Crippen molar-refractivity contribution in [3.05, 3.63) is 115 Å². The summed E-state index contributed by atoms with van der Waals surface area (Å²) in [6, 6.07) is 11.2. The Bertz CT molecular complexity index is 3170. The predicted octanol–water partition coefficient (Wildman–Crippen LogP) is 1.93. The highest BCUT2D eigenvalue weighted by Gasteiger charge is 2.28. The van der Waals surface area contributed by atoms with Crippen molar-refractivity contribution in [2.24, 2.45) is 34.4 Å². The van der Waals surface area contributed by atoms with E-state index in [0.29, 0.717) is 13.0 Å². The van der Waals surface area contributed by atoms with Gasteiger partial charge in [0.2, 0.25) is 29.5 Å². The maximum atomic E-state index is 14.1. The fourth-order valence-electron chi connectivity index (χ4n) is 7.82. The third kappa shape index (κ3) is 23.2. The van der Waals surface area contributed by atoms with Gasteiger partial charge in [-0.3, -0.25) is 60.0 Å². The lowest BCUT2D eigenvalue weighted by Crippen LogP contribution is -2.45. The zero-order chi connectivity index (χ0) is 62.9. The van der Waals surface area contributed by atoms with Gasteiger partial charge in [-0.1, -0.05) is 46.4 Å². The van der Waals surface area contributed by atoms with Crippen LogP contribution >= 0.6 is 46.4 Å². The number of anilines is 4. The Hall–Kier alpha value is -9.16. The van der Waals surface area contributed by atoms with Gasteiger partial charge < -0.3 is 92.9 Å². The summed E-state index contributed by atoms with van der Waals surface area (Å²) in [7, 11) is 0. The van der Waals surface area contributed by atoms with Crippen LogP contribution in [0.1, 0.15) is 92.8 Å².